The normalized spacial score (nSPS) is 14.5. The lowest BCUT2D eigenvalue weighted by Gasteiger charge is -2.28. The second-order valence-electron chi connectivity index (χ2n) is 5.38. The summed E-state index contributed by atoms with van der Waals surface area (Å²) < 4.78 is 0. The van der Waals surface area contributed by atoms with Gasteiger partial charge in [0.15, 0.2) is 0 Å². The van der Waals surface area contributed by atoms with Crippen LogP contribution in [0.25, 0.3) is 0 Å². The number of hydrogen-bond acceptors (Lipinski definition) is 4. The van der Waals surface area contributed by atoms with Crippen molar-refractivity contribution in [3.63, 3.8) is 0 Å². The Morgan fingerprint density at radius 2 is 1.73 bits per heavy atom. The molecule has 1 aromatic rings. The molecule has 0 radical (unpaired) electrons. The molecule has 22 heavy (non-hydrogen) atoms. The average molecular weight is 305 g/mol. The first-order valence-electron chi connectivity index (χ1n) is 7.76. The number of carbonyl (C=O) groups is 2. The number of nitrogens with zero attached hydrogens (tertiary/aromatic N) is 1. The van der Waals surface area contributed by atoms with E-state index >= 15 is 0 Å². The van der Waals surface area contributed by atoms with Crippen LogP contribution in [0.2, 0.25) is 0 Å². The number of aliphatic hydroxyl groups excluding tert-OH is 1. The van der Waals surface area contributed by atoms with Gasteiger partial charge in [0.25, 0.3) is 0 Å². The van der Waals surface area contributed by atoms with Gasteiger partial charge in [-0.15, -0.1) is 0 Å². The fourth-order valence-electron chi connectivity index (χ4n) is 2.46. The van der Waals surface area contributed by atoms with Crippen molar-refractivity contribution >= 4 is 23.2 Å². The molecule has 0 aliphatic carbocycles. The predicted molar refractivity (Wildman–Crippen MR) is 85.8 cm³/mol. The number of aliphatic hydroxyl groups is 1. The van der Waals surface area contributed by atoms with E-state index in [2.05, 4.69) is 15.5 Å². The highest BCUT2D eigenvalue weighted by Gasteiger charge is 2.14. The van der Waals surface area contributed by atoms with Gasteiger partial charge in [-0.05, 0) is 49.9 Å². The van der Waals surface area contributed by atoms with Crippen molar-refractivity contribution in [2.45, 2.75) is 25.7 Å². The van der Waals surface area contributed by atoms with Crippen LogP contribution < -0.4 is 15.5 Å². The van der Waals surface area contributed by atoms with Crippen LogP contribution in [0.5, 0.6) is 0 Å². The molecule has 3 N–H and O–H groups in total. The van der Waals surface area contributed by atoms with E-state index < -0.39 is 11.8 Å². The van der Waals surface area contributed by atoms with E-state index in [9.17, 15) is 9.59 Å². The van der Waals surface area contributed by atoms with E-state index in [0.717, 1.165) is 18.8 Å². The number of rotatable bonds is 5. The van der Waals surface area contributed by atoms with Crippen LogP contribution in [0.1, 0.15) is 25.7 Å². The molecule has 2 amide bonds. The molecule has 2 rings (SSSR count). The van der Waals surface area contributed by atoms with Gasteiger partial charge in [0.2, 0.25) is 0 Å². The topological polar surface area (TPSA) is 81.7 Å². The van der Waals surface area contributed by atoms with Gasteiger partial charge in [-0.1, -0.05) is 0 Å². The molecule has 1 aliphatic rings. The van der Waals surface area contributed by atoms with Crippen molar-refractivity contribution in [2.24, 2.45) is 0 Å². The molecule has 6 heteroatoms. The monoisotopic (exact) mass is 305 g/mol. The standard InChI is InChI=1S/C16H23N3O3/c20-12-4-9-17-15(21)16(22)18-13-5-7-14(8-6-13)19-10-2-1-3-11-19/h5-8,20H,1-4,9-12H2,(H,17,21)(H,18,22). The maximum atomic E-state index is 11.7. The van der Waals surface area contributed by atoms with Gasteiger partial charge in [-0.3, -0.25) is 9.59 Å². The number of amides is 2. The lowest BCUT2D eigenvalue weighted by Crippen LogP contribution is -2.36. The SMILES string of the molecule is O=C(NCCCO)C(=O)Nc1ccc(N2CCCCC2)cc1. The Kier molecular flexibility index (Phi) is 6.21. The zero-order valence-electron chi connectivity index (χ0n) is 12.7. The first kappa shape index (κ1) is 16.3. The molecule has 1 aliphatic heterocycles. The predicted octanol–water partition coefficient (Wildman–Crippen LogP) is 1.11. The van der Waals surface area contributed by atoms with Crippen LogP contribution in [0, 0.1) is 0 Å². The van der Waals surface area contributed by atoms with Crippen LogP contribution in [0.4, 0.5) is 11.4 Å². The van der Waals surface area contributed by atoms with Crippen molar-refractivity contribution in [3.8, 4) is 0 Å². The molecule has 0 unspecified atom stereocenters. The number of nitrogens with one attached hydrogen (secondary N) is 2. The van der Waals surface area contributed by atoms with Crippen molar-refractivity contribution < 1.29 is 14.7 Å². The molecule has 0 saturated carbocycles. The summed E-state index contributed by atoms with van der Waals surface area (Å²) in [6, 6.07) is 7.54. The van der Waals surface area contributed by atoms with E-state index in [4.69, 9.17) is 5.11 Å². The summed E-state index contributed by atoms with van der Waals surface area (Å²) in [5.74, 6) is -1.38. The van der Waals surface area contributed by atoms with Gasteiger partial charge in [-0.2, -0.15) is 0 Å². The highest BCUT2D eigenvalue weighted by molar-refractivity contribution is 6.39. The summed E-state index contributed by atoms with van der Waals surface area (Å²) in [6.45, 7) is 2.41. The van der Waals surface area contributed by atoms with Crippen molar-refractivity contribution in [1.29, 1.82) is 0 Å². The van der Waals surface area contributed by atoms with E-state index in [1.165, 1.54) is 19.3 Å². The molecule has 0 spiro atoms. The van der Waals surface area contributed by atoms with Crippen LogP contribution in [-0.2, 0) is 9.59 Å². The number of hydrogen-bond donors (Lipinski definition) is 3. The average Bonchev–Trinajstić information content (AvgIpc) is 2.56. The van der Waals surface area contributed by atoms with Gasteiger partial charge in [-0.25, -0.2) is 0 Å². The summed E-state index contributed by atoms with van der Waals surface area (Å²) in [5.41, 5.74) is 1.74. The third-order valence-corrected chi connectivity index (χ3v) is 3.67. The Labute approximate surface area is 130 Å². The van der Waals surface area contributed by atoms with Crippen LogP contribution in [0.15, 0.2) is 24.3 Å². The number of benzene rings is 1. The minimum atomic E-state index is -0.691. The van der Waals surface area contributed by atoms with Gasteiger partial charge < -0.3 is 20.6 Å². The number of carbonyl (C=O) groups excluding carboxylic acids is 2. The highest BCUT2D eigenvalue weighted by Crippen LogP contribution is 2.21. The van der Waals surface area contributed by atoms with Gasteiger partial charge in [0.05, 0.1) is 0 Å². The molecule has 0 aromatic heterocycles. The van der Waals surface area contributed by atoms with Gasteiger partial charge in [0, 0.05) is 37.6 Å². The smallest absolute Gasteiger partial charge is 0.313 e. The fourth-order valence-corrected chi connectivity index (χ4v) is 2.46. The third kappa shape index (κ3) is 4.73. The molecule has 1 aromatic carbocycles. The van der Waals surface area contributed by atoms with Crippen molar-refractivity contribution in [3.05, 3.63) is 24.3 Å². The van der Waals surface area contributed by atoms with E-state index in [1.54, 1.807) is 0 Å². The second-order valence-corrected chi connectivity index (χ2v) is 5.38. The lowest BCUT2D eigenvalue weighted by atomic mass is 10.1. The summed E-state index contributed by atoms with van der Waals surface area (Å²) in [7, 11) is 0. The zero-order valence-corrected chi connectivity index (χ0v) is 12.7. The molecule has 1 saturated heterocycles. The molecule has 0 atom stereocenters. The molecule has 6 nitrogen and oxygen atoms in total. The number of piperidine rings is 1. The molecule has 0 bridgehead atoms. The van der Waals surface area contributed by atoms with Crippen LogP contribution in [0.3, 0.4) is 0 Å². The third-order valence-electron chi connectivity index (χ3n) is 3.67. The summed E-state index contributed by atoms with van der Waals surface area (Å²) in [4.78, 5) is 25.6. The van der Waals surface area contributed by atoms with Crippen LogP contribution in [-0.4, -0.2) is 43.2 Å². The van der Waals surface area contributed by atoms with Crippen LogP contribution >= 0.6 is 0 Å². The maximum absolute atomic E-state index is 11.7. The number of anilines is 2. The second kappa shape index (κ2) is 8.38. The van der Waals surface area contributed by atoms with Crippen molar-refractivity contribution in [2.75, 3.05) is 36.5 Å². The summed E-state index contributed by atoms with van der Waals surface area (Å²) >= 11 is 0. The zero-order chi connectivity index (χ0) is 15.8. The molecule has 1 heterocycles. The lowest BCUT2D eigenvalue weighted by molar-refractivity contribution is -0.136. The molecular formula is C16H23N3O3. The minimum absolute atomic E-state index is 0.0140. The largest absolute Gasteiger partial charge is 0.396 e. The van der Waals surface area contributed by atoms with E-state index in [-0.39, 0.29) is 13.2 Å². The van der Waals surface area contributed by atoms with E-state index in [0.29, 0.717) is 12.1 Å². The first-order chi connectivity index (χ1) is 10.7. The first-order valence-corrected chi connectivity index (χ1v) is 7.76. The maximum Gasteiger partial charge on any atom is 0.313 e. The quantitative estimate of drug-likeness (QED) is 0.562. The Bertz CT molecular complexity index is 496. The van der Waals surface area contributed by atoms with Crippen molar-refractivity contribution in [1.82, 2.24) is 5.32 Å². The highest BCUT2D eigenvalue weighted by atomic mass is 16.3. The Hall–Kier alpha value is -2.08. The molecule has 120 valence electrons. The minimum Gasteiger partial charge on any atom is -0.396 e. The molecular weight excluding hydrogens is 282 g/mol. The van der Waals surface area contributed by atoms with Gasteiger partial charge >= 0.3 is 11.8 Å². The molecule has 1 fully saturated rings. The fraction of sp³-hybridized carbons (Fsp3) is 0.500. The van der Waals surface area contributed by atoms with E-state index in [1.807, 2.05) is 24.3 Å². The Balaban J connectivity index is 1.85. The Morgan fingerprint density at radius 3 is 2.36 bits per heavy atom. The summed E-state index contributed by atoms with van der Waals surface area (Å²) in [5, 5.41) is 13.6. The van der Waals surface area contributed by atoms with Gasteiger partial charge in [0.1, 0.15) is 0 Å². The Morgan fingerprint density at radius 1 is 1.05 bits per heavy atom. The summed E-state index contributed by atoms with van der Waals surface area (Å²) in [6.07, 6.45) is 4.15.